The second-order valence-electron chi connectivity index (χ2n) is 9.61. The monoisotopic (exact) mass is 491 g/mol. The van der Waals surface area contributed by atoms with E-state index < -0.39 is 0 Å². The summed E-state index contributed by atoms with van der Waals surface area (Å²) in [7, 11) is 3.48. The van der Waals surface area contributed by atoms with Crippen LogP contribution >= 0.6 is 0 Å². The zero-order valence-electron chi connectivity index (χ0n) is 22.1. The van der Waals surface area contributed by atoms with Gasteiger partial charge in [-0.2, -0.15) is 0 Å². The molecule has 4 rings (SSSR count). The molecule has 0 aliphatic carbocycles. The number of aryl methyl sites for hydroxylation is 3. The number of carbonyl (C=O) groups is 2. The average molecular weight is 492 g/mol. The minimum absolute atomic E-state index is 0.0714. The van der Waals surface area contributed by atoms with Crippen molar-refractivity contribution in [3.8, 4) is 5.88 Å². The first-order chi connectivity index (χ1) is 17.3. The van der Waals surface area contributed by atoms with Crippen LogP contribution in [0.25, 0.3) is 11.0 Å². The third kappa shape index (κ3) is 5.08. The van der Waals surface area contributed by atoms with Gasteiger partial charge in [0.25, 0.3) is 5.91 Å². The van der Waals surface area contributed by atoms with E-state index in [0.717, 1.165) is 59.2 Å². The Balaban J connectivity index is 1.43. The molecular formula is C28H37N5O3. The Hall–Kier alpha value is -3.42. The number of fused-ring (bicyclic) bond motifs is 1. The molecule has 3 heterocycles. The van der Waals surface area contributed by atoms with Gasteiger partial charge in [-0.25, -0.2) is 9.67 Å². The normalized spacial score (nSPS) is 14.3. The largest absolute Gasteiger partial charge is 0.479 e. The SMILES string of the molecule is CCCN(C(=O)CCc1c(C)nc2c(c(OC)nn2C)c1C)C1CCN(C(=O)c2ccccc2)CC1. The number of rotatable bonds is 8. The minimum Gasteiger partial charge on any atom is -0.479 e. The topological polar surface area (TPSA) is 80.6 Å². The van der Waals surface area contributed by atoms with Crippen LogP contribution in [-0.4, -0.2) is 69.2 Å². The van der Waals surface area contributed by atoms with Gasteiger partial charge in [0.15, 0.2) is 5.65 Å². The molecule has 2 amide bonds. The van der Waals surface area contributed by atoms with E-state index in [2.05, 4.69) is 18.9 Å². The maximum absolute atomic E-state index is 13.4. The van der Waals surface area contributed by atoms with Gasteiger partial charge < -0.3 is 14.5 Å². The number of piperidine rings is 1. The fourth-order valence-corrected chi connectivity index (χ4v) is 5.38. The highest BCUT2D eigenvalue weighted by Gasteiger charge is 2.30. The van der Waals surface area contributed by atoms with Crippen molar-refractivity contribution in [2.24, 2.45) is 7.05 Å². The van der Waals surface area contributed by atoms with E-state index in [-0.39, 0.29) is 17.9 Å². The molecule has 0 spiro atoms. The summed E-state index contributed by atoms with van der Waals surface area (Å²) in [6, 6.07) is 9.59. The molecule has 1 aliphatic heterocycles. The predicted molar refractivity (Wildman–Crippen MR) is 140 cm³/mol. The Kier molecular flexibility index (Phi) is 7.91. The van der Waals surface area contributed by atoms with E-state index in [4.69, 9.17) is 9.72 Å². The van der Waals surface area contributed by atoms with Crippen LogP contribution in [0.3, 0.4) is 0 Å². The van der Waals surface area contributed by atoms with E-state index >= 15 is 0 Å². The van der Waals surface area contributed by atoms with Gasteiger partial charge in [0.1, 0.15) is 0 Å². The van der Waals surface area contributed by atoms with E-state index in [1.165, 1.54) is 0 Å². The molecule has 3 aromatic rings. The number of carbonyl (C=O) groups excluding carboxylic acids is 2. The minimum atomic E-state index is 0.0714. The van der Waals surface area contributed by atoms with Crippen LogP contribution in [0.2, 0.25) is 0 Å². The highest BCUT2D eigenvalue weighted by molar-refractivity contribution is 5.94. The lowest BCUT2D eigenvalue weighted by Crippen LogP contribution is -2.49. The number of benzene rings is 1. The number of pyridine rings is 1. The summed E-state index contributed by atoms with van der Waals surface area (Å²) >= 11 is 0. The molecule has 1 aromatic carbocycles. The van der Waals surface area contributed by atoms with Gasteiger partial charge >= 0.3 is 0 Å². The van der Waals surface area contributed by atoms with Crippen molar-refractivity contribution >= 4 is 22.8 Å². The Morgan fingerprint density at radius 1 is 1.14 bits per heavy atom. The molecule has 2 aromatic heterocycles. The van der Waals surface area contributed by atoms with Crippen LogP contribution in [0.1, 0.15) is 59.8 Å². The second-order valence-corrected chi connectivity index (χ2v) is 9.61. The number of nitrogens with zero attached hydrogens (tertiary/aromatic N) is 5. The van der Waals surface area contributed by atoms with Gasteiger partial charge in [-0.05, 0) is 62.8 Å². The smallest absolute Gasteiger partial charge is 0.253 e. The van der Waals surface area contributed by atoms with Crippen molar-refractivity contribution in [1.29, 1.82) is 0 Å². The van der Waals surface area contributed by atoms with Crippen LogP contribution in [0.5, 0.6) is 5.88 Å². The molecule has 192 valence electrons. The molecule has 0 N–H and O–H groups in total. The molecule has 0 unspecified atom stereocenters. The van der Waals surface area contributed by atoms with Gasteiger partial charge in [-0.1, -0.05) is 25.1 Å². The van der Waals surface area contributed by atoms with Gasteiger partial charge in [-0.15, -0.1) is 5.10 Å². The van der Waals surface area contributed by atoms with Crippen molar-refractivity contribution in [1.82, 2.24) is 24.6 Å². The fraction of sp³-hybridized carbons (Fsp3) is 0.500. The van der Waals surface area contributed by atoms with Crippen LogP contribution in [-0.2, 0) is 18.3 Å². The number of ether oxygens (including phenoxy) is 1. The van der Waals surface area contributed by atoms with Crippen LogP contribution in [0.15, 0.2) is 30.3 Å². The maximum atomic E-state index is 13.4. The molecule has 1 fully saturated rings. The molecule has 0 saturated carbocycles. The van der Waals surface area contributed by atoms with E-state index in [9.17, 15) is 9.59 Å². The van der Waals surface area contributed by atoms with Gasteiger partial charge in [-0.3, -0.25) is 9.59 Å². The highest BCUT2D eigenvalue weighted by atomic mass is 16.5. The average Bonchev–Trinajstić information content (AvgIpc) is 3.22. The fourth-order valence-electron chi connectivity index (χ4n) is 5.38. The Morgan fingerprint density at radius 3 is 2.47 bits per heavy atom. The Bertz CT molecular complexity index is 1230. The van der Waals surface area contributed by atoms with Gasteiger partial charge in [0.05, 0.1) is 12.5 Å². The van der Waals surface area contributed by atoms with E-state index in [1.54, 1.807) is 11.8 Å². The summed E-state index contributed by atoms with van der Waals surface area (Å²) < 4.78 is 7.21. The van der Waals surface area contributed by atoms with Crippen molar-refractivity contribution in [3.05, 3.63) is 52.7 Å². The zero-order chi connectivity index (χ0) is 25.8. The lowest BCUT2D eigenvalue weighted by Gasteiger charge is -2.38. The van der Waals surface area contributed by atoms with Crippen molar-refractivity contribution in [2.75, 3.05) is 26.7 Å². The lowest BCUT2D eigenvalue weighted by molar-refractivity contribution is -0.134. The summed E-state index contributed by atoms with van der Waals surface area (Å²) in [5.41, 5.74) is 4.60. The van der Waals surface area contributed by atoms with Crippen LogP contribution < -0.4 is 4.74 Å². The lowest BCUT2D eigenvalue weighted by atomic mass is 9.98. The second kappa shape index (κ2) is 11.1. The third-order valence-corrected chi connectivity index (χ3v) is 7.30. The van der Waals surface area contributed by atoms with Gasteiger partial charge in [0, 0.05) is 50.4 Å². The summed E-state index contributed by atoms with van der Waals surface area (Å²) in [6.45, 7) is 8.24. The molecule has 1 aliphatic rings. The molecule has 36 heavy (non-hydrogen) atoms. The first-order valence-electron chi connectivity index (χ1n) is 12.9. The number of likely N-dealkylation sites (tertiary alicyclic amines) is 1. The van der Waals surface area contributed by atoms with Crippen molar-refractivity contribution < 1.29 is 14.3 Å². The first kappa shape index (κ1) is 25.7. The molecule has 8 nitrogen and oxygen atoms in total. The number of amides is 2. The van der Waals surface area contributed by atoms with Crippen LogP contribution in [0, 0.1) is 13.8 Å². The van der Waals surface area contributed by atoms with Gasteiger partial charge in [0.2, 0.25) is 11.8 Å². The zero-order valence-corrected chi connectivity index (χ0v) is 22.1. The predicted octanol–water partition coefficient (Wildman–Crippen LogP) is 4.07. The number of aromatic nitrogens is 3. The molecule has 0 radical (unpaired) electrons. The van der Waals surface area contributed by atoms with E-state index in [1.807, 2.05) is 54.1 Å². The third-order valence-electron chi connectivity index (χ3n) is 7.30. The van der Waals surface area contributed by atoms with E-state index in [0.29, 0.717) is 31.8 Å². The highest BCUT2D eigenvalue weighted by Crippen LogP contribution is 2.31. The number of hydrogen-bond donors (Lipinski definition) is 0. The van der Waals surface area contributed by atoms with Crippen molar-refractivity contribution in [2.45, 2.75) is 58.9 Å². The molecular weight excluding hydrogens is 454 g/mol. The summed E-state index contributed by atoms with van der Waals surface area (Å²) in [5.74, 6) is 0.804. The van der Waals surface area contributed by atoms with Crippen LogP contribution in [0.4, 0.5) is 0 Å². The molecule has 1 saturated heterocycles. The van der Waals surface area contributed by atoms with Crippen molar-refractivity contribution in [3.63, 3.8) is 0 Å². The Morgan fingerprint density at radius 2 is 1.83 bits per heavy atom. The molecule has 0 atom stereocenters. The molecule has 8 heteroatoms. The quantitative estimate of drug-likeness (QED) is 0.475. The Labute approximate surface area is 213 Å². The summed E-state index contributed by atoms with van der Waals surface area (Å²) in [6.07, 6.45) is 3.59. The summed E-state index contributed by atoms with van der Waals surface area (Å²) in [4.78, 5) is 35.0. The maximum Gasteiger partial charge on any atom is 0.253 e. The number of methoxy groups -OCH3 is 1. The molecule has 0 bridgehead atoms. The standard InChI is InChI=1S/C28H37N5O3/c1-6-16-33(22-14-17-32(18-15-22)28(35)21-10-8-7-9-11-21)24(34)13-12-23-19(2)25-26(29-20(23)3)31(4)30-27(25)36-5/h7-11,22H,6,12-18H2,1-5H3. The summed E-state index contributed by atoms with van der Waals surface area (Å²) in [5, 5.41) is 5.34. The number of hydrogen-bond acceptors (Lipinski definition) is 5. The first-order valence-corrected chi connectivity index (χ1v) is 12.9.